The van der Waals surface area contributed by atoms with Gasteiger partial charge in [-0.25, -0.2) is 0 Å². The molecule has 0 bridgehead atoms. The quantitative estimate of drug-likeness (QED) is 0.778. The Kier molecular flexibility index (Phi) is 5.66. The topological polar surface area (TPSA) is 68.7 Å². The highest BCUT2D eigenvalue weighted by Crippen LogP contribution is 2.17. The van der Waals surface area contributed by atoms with E-state index in [1.54, 1.807) is 13.1 Å². The molecule has 2 aliphatic heterocycles. The molecule has 1 aromatic heterocycles. The fourth-order valence-electron chi connectivity index (χ4n) is 3.77. The second kappa shape index (κ2) is 8.52. The van der Waals surface area contributed by atoms with Crippen molar-refractivity contribution in [2.75, 3.05) is 62.2 Å². The molecule has 0 unspecified atom stereocenters. The van der Waals surface area contributed by atoms with Gasteiger partial charge >= 0.3 is 0 Å². The summed E-state index contributed by atoms with van der Waals surface area (Å²) in [7, 11) is 0. The number of carbonyl (C=O) groups is 1. The number of benzene rings is 1. The van der Waals surface area contributed by atoms with Gasteiger partial charge in [-0.3, -0.25) is 9.69 Å². The van der Waals surface area contributed by atoms with E-state index in [0.717, 1.165) is 64.7 Å². The van der Waals surface area contributed by atoms with Crippen LogP contribution in [0.25, 0.3) is 0 Å². The lowest BCUT2D eigenvalue weighted by molar-refractivity contribution is -0.129. The van der Waals surface area contributed by atoms with Gasteiger partial charge in [-0.15, -0.1) is 5.10 Å². The van der Waals surface area contributed by atoms with Crippen LogP contribution in [0.5, 0.6) is 0 Å². The summed E-state index contributed by atoms with van der Waals surface area (Å²) >= 11 is 0. The van der Waals surface area contributed by atoms with Gasteiger partial charge in [0, 0.05) is 65.8 Å². The van der Waals surface area contributed by atoms with Crippen molar-refractivity contribution in [3.63, 3.8) is 0 Å². The number of amides is 1. The lowest BCUT2D eigenvalue weighted by Crippen LogP contribution is -2.49. The second-order valence-corrected chi connectivity index (χ2v) is 7.36. The smallest absolute Gasteiger partial charge is 0.247 e. The fraction of sp³-hybridized carbons (Fsp3) is 0.500. The lowest BCUT2D eigenvalue weighted by Gasteiger charge is -2.36. The van der Waals surface area contributed by atoms with Gasteiger partial charge in [0.25, 0.3) is 0 Å². The van der Waals surface area contributed by atoms with Gasteiger partial charge in [-0.05, 0) is 5.56 Å². The standard InChI is InChI=1S/C20H27N7O/c1-17(28)25-11-13-26(14-12-25)19-15-21-23-20(22-19)27-9-7-24(8-10-27)16-18-5-3-2-4-6-18/h2-6,15H,7-14,16H2,1H3. The maximum absolute atomic E-state index is 11.5. The minimum Gasteiger partial charge on any atom is -0.352 e. The Morgan fingerprint density at radius 3 is 2.29 bits per heavy atom. The molecule has 0 spiro atoms. The molecule has 28 heavy (non-hydrogen) atoms. The average Bonchev–Trinajstić information content (AvgIpc) is 2.75. The predicted octanol–water partition coefficient (Wildman–Crippen LogP) is 0.862. The molecule has 0 radical (unpaired) electrons. The van der Waals surface area contributed by atoms with Gasteiger partial charge in [0.15, 0.2) is 5.82 Å². The zero-order chi connectivity index (χ0) is 19.3. The third-order valence-corrected chi connectivity index (χ3v) is 5.49. The zero-order valence-corrected chi connectivity index (χ0v) is 16.4. The van der Waals surface area contributed by atoms with Crippen LogP contribution in [0.2, 0.25) is 0 Å². The second-order valence-electron chi connectivity index (χ2n) is 7.36. The van der Waals surface area contributed by atoms with E-state index >= 15 is 0 Å². The molecular weight excluding hydrogens is 354 g/mol. The van der Waals surface area contributed by atoms with Crippen molar-refractivity contribution in [1.82, 2.24) is 25.0 Å². The van der Waals surface area contributed by atoms with E-state index < -0.39 is 0 Å². The Morgan fingerprint density at radius 1 is 0.929 bits per heavy atom. The monoisotopic (exact) mass is 381 g/mol. The van der Waals surface area contributed by atoms with Crippen molar-refractivity contribution in [2.45, 2.75) is 13.5 Å². The van der Waals surface area contributed by atoms with Crippen molar-refractivity contribution in [1.29, 1.82) is 0 Å². The first-order chi connectivity index (χ1) is 13.7. The molecule has 1 amide bonds. The number of piperazine rings is 2. The van der Waals surface area contributed by atoms with E-state index in [9.17, 15) is 4.79 Å². The molecular formula is C20H27N7O. The minimum absolute atomic E-state index is 0.134. The normalized spacial score (nSPS) is 18.4. The zero-order valence-electron chi connectivity index (χ0n) is 16.4. The summed E-state index contributed by atoms with van der Waals surface area (Å²) < 4.78 is 0. The van der Waals surface area contributed by atoms with Crippen molar-refractivity contribution in [3.05, 3.63) is 42.1 Å². The summed E-state index contributed by atoms with van der Waals surface area (Å²) in [6.07, 6.45) is 1.72. The van der Waals surface area contributed by atoms with Crippen LogP contribution in [0.1, 0.15) is 12.5 Å². The number of aromatic nitrogens is 3. The molecule has 3 heterocycles. The molecule has 2 aromatic rings. The van der Waals surface area contributed by atoms with Crippen LogP contribution in [0, 0.1) is 0 Å². The minimum atomic E-state index is 0.134. The first-order valence-electron chi connectivity index (χ1n) is 9.90. The largest absolute Gasteiger partial charge is 0.352 e. The van der Waals surface area contributed by atoms with Crippen LogP contribution in [0.15, 0.2) is 36.5 Å². The highest BCUT2D eigenvalue weighted by atomic mass is 16.2. The number of carbonyl (C=O) groups excluding carboxylic acids is 1. The summed E-state index contributed by atoms with van der Waals surface area (Å²) in [5.41, 5.74) is 1.35. The molecule has 148 valence electrons. The molecule has 2 fully saturated rings. The number of anilines is 2. The summed E-state index contributed by atoms with van der Waals surface area (Å²) in [5, 5.41) is 8.45. The van der Waals surface area contributed by atoms with Crippen molar-refractivity contribution >= 4 is 17.7 Å². The van der Waals surface area contributed by atoms with Crippen LogP contribution < -0.4 is 9.80 Å². The molecule has 0 aliphatic carbocycles. The summed E-state index contributed by atoms with van der Waals surface area (Å²) in [6.45, 7) is 9.39. The summed E-state index contributed by atoms with van der Waals surface area (Å²) in [6, 6.07) is 10.6. The maximum Gasteiger partial charge on any atom is 0.247 e. The Morgan fingerprint density at radius 2 is 1.61 bits per heavy atom. The van der Waals surface area contributed by atoms with Gasteiger partial charge in [0.05, 0.1) is 6.20 Å². The lowest BCUT2D eigenvalue weighted by atomic mass is 10.2. The number of hydrogen-bond acceptors (Lipinski definition) is 7. The maximum atomic E-state index is 11.5. The van der Waals surface area contributed by atoms with Gasteiger partial charge in [0.2, 0.25) is 11.9 Å². The number of hydrogen-bond donors (Lipinski definition) is 0. The molecule has 0 saturated carbocycles. The predicted molar refractivity (Wildman–Crippen MR) is 108 cm³/mol. The van der Waals surface area contributed by atoms with Crippen LogP contribution in [0.3, 0.4) is 0 Å². The summed E-state index contributed by atoms with van der Waals surface area (Å²) in [5.74, 6) is 1.68. The van der Waals surface area contributed by atoms with Crippen molar-refractivity contribution in [2.24, 2.45) is 0 Å². The Labute approximate surface area is 165 Å². The third-order valence-electron chi connectivity index (χ3n) is 5.49. The third kappa shape index (κ3) is 4.39. The number of rotatable bonds is 4. The van der Waals surface area contributed by atoms with E-state index in [1.165, 1.54) is 5.56 Å². The van der Waals surface area contributed by atoms with E-state index in [-0.39, 0.29) is 5.91 Å². The Balaban J connectivity index is 1.33. The molecule has 0 N–H and O–H groups in total. The van der Waals surface area contributed by atoms with Gasteiger partial charge in [0.1, 0.15) is 0 Å². The van der Waals surface area contributed by atoms with E-state index in [4.69, 9.17) is 4.98 Å². The fourth-order valence-corrected chi connectivity index (χ4v) is 3.77. The van der Waals surface area contributed by atoms with Gasteiger partial charge in [-0.1, -0.05) is 30.3 Å². The molecule has 1 aromatic carbocycles. The van der Waals surface area contributed by atoms with Crippen LogP contribution in [-0.4, -0.2) is 83.2 Å². The summed E-state index contributed by atoms with van der Waals surface area (Å²) in [4.78, 5) is 25.0. The molecule has 8 nitrogen and oxygen atoms in total. The van der Waals surface area contributed by atoms with Crippen LogP contribution >= 0.6 is 0 Å². The molecule has 4 rings (SSSR count). The number of nitrogens with zero attached hydrogens (tertiary/aromatic N) is 7. The molecule has 0 atom stereocenters. The van der Waals surface area contributed by atoms with Crippen LogP contribution in [0.4, 0.5) is 11.8 Å². The van der Waals surface area contributed by atoms with Gasteiger partial charge in [-0.2, -0.15) is 10.1 Å². The van der Waals surface area contributed by atoms with E-state index in [1.807, 2.05) is 4.90 Å². The van der Waals surface area contributed by atoms with Crippen LogP contribution in [-0.2, 0) is 11.3 Å². The first kappa shape index (κ1) is 18.6. The highest BCUT2D eigenvalue weighted by molar-refractivity contribution is 5.73. The molecule has 2 saturated heterocycles. The van der Waals surface area contributed by atoms with E-state index in [0.29, 0.717) is 5.95 Å². The van der Waals surface area contributed by atoms with Crippen molar-refractivity contribution in [3.8, 4) is 0 Å². The van der Waals surface area contributed by atoms with Gasteiger partial charge < -0.3 is 14.7 Å². The first-order valence-corrected chi connectivity index (χ1v) is 9.90. The van der Waals surface area contributed by atoms with Crippen molar-refractivity contribution < 1.29 is 4.79 Å². The average molecular weight is 381 g/mol. The molecule has 8 heteroatoms. The van der Waals surface area contributed by atoms with E-state index in [2.05, 4.69) is 55.2 Å². The molecule has 2 aliphatic rings. The highest BCUT2D eigenvalue weighted by Gasteiger charge is 2.23. The Hall–Kier alpha value is -2.74. The SMILES string of the molecule is CC(=O)N1CCN(c2cnnc(N3CCN(Cc4ccccc4)CC3)n2)CC1. The Bertz CT molecular complexity index is 784.